The van der Waals surface area contributed by atoms with Crippen molar-refractivity contribution in [1.82, 2.24) is 19.4 Å². The van der Waals surface area contributed by atoms with Gasteiger partial charge in [-0.15, -0.1) is 0 Å². The van der Waals surface area contributed by atoms with Crippen molar-refractivity contribution in [3.05, 3.63) is 70.9 Å². The van der Waals surface area contributed by atoms with E-state index in [0.29, 0.717) is 33.7 Å². The van der Waals surface area contributed by atoms with Gasteiger partial charge in [-0.25, -0.2) is 27.9 Å². The first-order chi connectivity index (χ1) is 16.6. The quantitative estimate of drug-likeness (QED) is 0.454. The molecular formula is C25H23F3N6O. The van der Waals surface area contributed by atoms with E-state index in [1.807, 2.05) is 18.5 Å². The van der Waals surface area contributed by atoms with Crippen LogP contribution in [-0.4, -0.2) is 39.1 Å². The third-order valence-electron chi connectivity index (χ3n) is 6.67. The minimum atomic E-state index is -0.737. The highest BCUT2D eigenvalue weighted by Crippen LogP contribution is 2.39. The van der Waals surface area contributed by atoms with Crippen molar-refractivity contribution in [3.8, 4) is 11.1 Å². The van der Waals surface area contributed by atoms with Crippen molar-refractivity contribution in [2.24, 2.45) is 7.05 Å². The fraction of sp³-hybridized carbons (Fsp3) is 0.240. The van der Waals surface area contributed by atoms with Gasteiger partial charge in [0.15, 0.2) is 0 Å². The molecule has 5 rings (SSSR count). The van der Waals surface area contributed by atoms with E-state index in [4.69, 9.17) is 5.73 Å². The summed E-state index contributed by atoms with van der Waals surface area (Å²) in [6, 6.07) is 6.69. The summed E-state index contributed by atoms with van der Waals surface area (Å²) in [7, 11) is 3.36. The van der Waals surface area contributed by atoms with Crippen molar-refractivity contribution in [3.63, 3.8) is 0 Å². The number of benzene rings is 2. The number of nitrogen functional groups attached to an aromatic ring is 1. The van der Waals surface area contributed by atoms with Crippen LogP contribution < -0.4 is 10.6 Å². The number of likely N-dealkylation sites (N-methyl/N-ethyl adjacent to an activating group) is 1. The fourth-order valence-corrected chi connectivity index (χ4v) is 4.76. The zero-order chi connectivity index (χ0) is 25.2. The van der Waals surface area contributed by atoms with Crippen molar-refractivity contribution < 1.29 is 18.0 Å². The number of nitrogens with two attached hydrogens (primary N) is 1. The number of amides is 2. The first-order valence-corrected chi connectivity index (χ1v) is 11.0. The van der Waals surface area contributed by atoms with Gasteiger partial charge in [-0.2, -0.15) is 0 Å². The first-order valence-electron chi connectivity index (χ1n) is 11.0. The Hall–Kier alpha value is -4.08. The van der Waals surface area contributed by atoms with Crippen LogP contribution in [0.2, 0.25) is 0 Å². The molecule has 1 fully saturated rings. The summed E-state index contributed by atoms with van der Waals surface area (Å²) in [5, 5.41) is 0.561. The van der Waals surface area contributed by atoms with E-state index in [-0.39, 0.29) is 17.9 Å². The van der Waals surface area contributed by atoms with Crippen LogP contribution in [0.1, 0.15) is 23.1 Å². The van der Waals surface area contributed by atoms with Gasteiger partial charge in [0.2, 0.25) is 0 Å². The van der Waals surface area contributed by atoms with Crippen LogP contribution in [0.4, 0.5) is 29.5 Å². The number of carbonyl (C=O) groups is 1. The lowest BCUT2D eigenvalue weighted by atomic mass is 10.0. The van der Waals surface area contributed by atoms with E-state index in [1.54, 1.807) is 19.1 Å². The van der Waals surface area contributed by atoms with Gasteiger partial charge in [-0.05, 0) is 38.1 Å². The maximum absolute atomic E-state index is 15.5. The van der Waals surface area contributed by atoms with Crippen LogP contribution in [0.3, 0.4) is 0 Å². The molecule has 0 radical (unpaired) electrons. The molecule has 7 nitrogen and oxygen atoms in total. The van der Waals surface area contributed by atoms with Gasteiger partial charge < -0.3 is 15.2 Å². The molecule has 1 atom stereocenters. The summed E-state index contributed by atoms with van der Waals surface area (Å²) < 4.78 is 45.1. The minimum absolute atomic E-state index is 0.0873. The lowest BCUT2D eigenvalue weighted by Crippen LogP contribution is -2.29. The van der Waals surface area contributed by atoms with E-state index in [9.17, 15) is 13.6 Å². The van der Waals surface area contributed by atoms with Gasteiger partial charge in [0.05, 0.1) is 18.0 Å². The van der Waals surface area contributed by atoms with E-state index < -0.39 is 29.5 Å². The molecule has 0 aliphatic carbocycles. The lowest BCUT2D eigenvalue weighted by molar-refractivity contribution is 0.218. The van der Waals surface area contributed by atoms with Crippen LogP contribution in [0.25, 0.3) is 22.2 Å². The number of nitrogens with zero attached hydrogens (tertiary/aromatic N) is 5. The molecule has 1 saturated heterocycles. The number of rotatable bonds is 3. The molecule has 2 amide bonds. The first kappa shape index (κ1) is 22.7. The van der Waals surface area contributed by atoms with Crippen LogP contribution in [0.15, 0.2) is 36.4 Å². The van der Waals surface area contributed by atoms with Gasteiger partial charge in [0.1, 0.15) is 34.7 Å². The molecule has 2 aromatic heterocycles. The van der Waals surface area contributed by atoms with Gasteiger partial charge in [0, 0.05) is 48.2 Å². The third-order valence-corrected chi connectivity index (χ3v) is 6.67. The Morgan fingerprint density at radius 2 is 1.74 bits per heavy atom. The Labute approximate surface area is 199 Å². The van der Waals surface area contributed by atoms with E-state index in [1.165, 1.54) is 29.0 Å². The number of hydrogen-bond acceptors (Lipinski definition) is 4. The summed E-state index contributed by atoms with van der Waals surface area (Å²) in [4.78, 5) is 24.4. The molecule has 1 unspecified atom stereocenters. The summed E-state index contributed by atoms with van der Waals surface area (Å²) >= 11 is 0. The monoisotopic (exact) mass is 480 g/mol. The molecule has 2 N–H and O–H groups in total. The molecular weight excluding hydrogens is 457 g/mol. The average Bonchev–Trinajstić information content (AvgIpc) is 3.22. The van der Waals surface area contributed by atoms with Crippen LogP contribution in [0.5, 0.6) is 0 Å². The topological polar surface area (TPSA) is 80.3 Å². The minimum Gasteiger partial charge on any atom is -0.383 e. The Kier molecular flexibility index (Phi) is 5.19. The van der Waals surface area contributed by atoms with Gasteiger partial charge in [-0.1, -0.05) is 6.07 Å². The molecule has 2 aromatic carbocycles. The molecule has 0 bridgehead atoms. The van der Waals surface area contributed by atoms with Crippen LogP contribution >= 0.6 is 0 Å². The SMILES string of the molecule is Cc1nc(N)c2c(-c3ccc(N4CC(c5ccc(F)cc5F)N(C)C4=O)cc3F)c(C)n(C)c2n1. The molecule has 180 valence electrons. The molecule has 4 aromatic rings. The maximum atomic E-state index is 15.5. The maximum Gasteiger partial charge on any atom is 0.324 e. The smallest absolute Gasteiger partial charge is 0.324 e. The molecule has 35 heavy (non-hydrogen) atoms. The molecule has 0 spiro atoms. The van der Waals surface area contributed by atoms with Gasteiger partial charge in [0.25, 0.3) is 0 Å². The Bertz CT molecular complexity index is 1520. The van der Waals surface area contributed by atoms with E-state index in [2.05, 4.69) is 9.97 Å². The van der Waals surface area contributed by atoms with E-state index in [0.717, 1.165) is 17.8 Å². The van der Waals surface area contributed by atoms with Gasteiger partial charge in [-0.3, -0.25) is 4.90 Å². The number of urea groups is 1. The largest absolute Gasteiger partial charge is 0.383 e. The summed E-state index contributed by atoms with van der Waals surface area (Å²) in [6.45, 7) is 3.67. The predicted molar refractivity (Wildman–Crippen MR) is 127 cm³/mol. The van der Waals surface area contributed by atoms with Gasteiger partial charge >= 0.3 is 6.03 Å². The average molecular weight is 480 g/mol. The highest BCUT2D eigenvalue weighted by molar-refractivity contribution is 6.03. The number of aromatic nitrogens is 3. The summed E-state index contributed by atoms with van der Waals surface area (Å²) in [5.74, 6) is -1.21. The van der Waals surface area contributed by atoms with Crippen molar-refractivity contribution >= 4 is 28.6 Å². The van der Waals surface area contributed by atoms with Crippen LogP contribution in [-0.2, 0) is 7.05 Å². The molecule has 1 aliphatic heterocycles. The highest BCUT2D eigenvalue weighted by Gasteiger charge is 2.38. The van der Waals surface area contributed by atoms with Crippen molar-refractivity contribution in [2.75, 3.05) is 24.2 Å². The van der Waals surface area contributed by atoms with Crippen molar-refractivity contribution in [2.45, 2.75) is 19.9 Å². The van der Waals surface area contributed by atoms with Crippen molar-refractivity contribution in [1.29, 1.82) is 0 Å². The zero-order valence-electron chi connectivity index (χ0n) is 19.6. The normalized spacial score (nSPS) is 16.1. The lowest BCUT2D eigenvalue weighted by Gasteiger charge is -2.18. The number of hydrogen-bond donors (Lipinski definition) is 1. The fourth-order valence-electron chi connectivity index (χ4n) is 4.76. The zero-order valence-corrected chi connectivity index (χ0v) is 19.6. The Balaban J connectivity index is 1.54. The number of halogens is 3. The number of fused-ring (bicyclic) bond motifs is 1. The summed E-state index contributed by atoms with van der Waals surface area (Å²) in [5.41, 5.74) is 8.96. The second-order valence-corrected chi connectivity index (χ2v) is 8.72. The van der Waals surface area contributed by atoms with E-state index >= 15 is 4.39 Å². The molecule has 10 heteroatoms. The highest BCUT2D eigenvalue weighted by atomic mass is 19.1. The second kappa shape index (κ2) is 8.00. The number of anilines is 2. The Morgan fingerprint density at radius 3 is 2.43 bits per heavy atom. The van der Waals surface area contributed by atoms with Crippen LogP contribution in [0, 0.1) is 31.3 Å². The molecule has 1 aliphatic rings. The number of carbonyl (C=O) groups excluding carboxylic acids is 1. The number of aryl methyl sites for hydroxylation is 2. The third kappa shape index (κ3) is 3.48. The molecule has 0 saturated carbocycles. The Morgan fingerprint density at radius 1 is 1.00 bits per heavy atom. The standard InChI is InChI=1S/C25H23F3N6O/c1-12-21(22-23(29)30-13(2)31-24(22)32(12)3)17-8-6-15(10-19(17)28)34-11-20(33(4)25(34)35)16-7-5-14(26)9-18(16)27/h5-10,20H,11H2,1-4H3,(H2,29,30,31). The second-order valence-electron chi connectivity index (χ2n) is 8.72. The predicted octanol–water partition coefficient (Wildman–Crippen LogP) is 4.86. The molecule has 3 heterocycles. The summed E-state index contributed by atoms with van der Waals surface area (Å²) in [6.07, 6.45) is 0.